The van der Waals surface area contributed by atoms with Crippen LogP contribution in [0.4, 0.5) is 0 Å². The van der Waals surface area contributed by atoms with Crippen molar-refractivity contribution in [1.29, 1.82) is 0 Å². The minimum absolute atomic E-state index is 0.693. The van der Waals surface area contributed by atoms with E-state index in [1.54, 1.807) is 24.8 Å². The number of hydrogen-bond acceptors (Lipinski definition) is 7. The van der Waals surface area contributed by atoms with Crippen LogP contribution < -0.4 is 0 Å². The van der Waals surface area contributed by atoms with E-state index in [9.17, 15) is 0 Å². The van der Waals surface area contributed by atoms with Crippen LogP contribution in [0.5, 0.6) is 0 Å². The lowest BCUT2D eigenvalue weighted by atomic mass is 9.98. The Morgan fingerprint density at radius 1 is 0.338 bits per heavy atom. The molecule has 0 radical (unpaired) electrons. The van der Waals surface area contributed by atoms with E-state index < -0.39 is 0 Å². The Hall–Kier alpha value is -8.82. The molecule has 6 aromatic carbocycles. The molecule has 9 nitrogen and oxygen atoms in total. The quantitative estimate of drug-likeness (QED) is 0.164. The van der Waals surface area contributed by atoms with Crippen LogP contribution in [-0.2, 0) is 0 Å². The summed E-state index contributed by atoms with van der Waals surface area (Å²) in [5.74, 6) is 1.39. The number of rotatable bonds is 6. The van der Waals surface area contributed by atoms with Gasteiger partial charge in [0.15, 0.2) is 11.6 Å². The number of aromatic nitrogens is 8. The molecule has 308 valence electrons. The smallest absolute Gasteiger partial charge is 0.159 e. The van der Waals surface area contributed by atoms with Crippen LogP contribution in [0.25, 0.3) is 122 Å². The fourth-order valence-electron chi connectivity index (χ4n) is 9.33. The average molecular weight is 839 g/mol. The zero-order valence-electron chi connectivity index (χ0n) is 35.5. The van der Waals surface area contributed by atoms with Crippen LogP contribution in [0.15, 0.2) is 199 Å². The van der Waals surface area contributed by atoms with Crippen molar-refractivity contribution < 1.29 is 4.42 Å². The van der Waals surface area contributed by atoms with Gasteiger partial charge in [0.05, 0.1) is 33.1 Å². The van der Waals surface area contributed by atoms with Gasteiger partial charge in [-0.25, -0.2) is 19.9 Å². The highest BCUT2D eigenvalue weighted by Crippen LogP contribution is 2.41. The first-order valence-corrected chi connectivity index (χ1v) is 21.7. The molecule has 0 aliphatic rings. The fraction of sp³-hybridized carbons (Fsp3) is 0.0357. The largest absolute Gasteiger partial charge is 0.456 e. The molecule has 0 aliphatic carbocycles. The normalized spacial score (nSPS) is 11.5. The maximum absolute atomic E-state index is 6.51. The zero-order valence-corrected chi connectivity index (χ0v) is 35.5. The van der Waals surface area contributed by atoms with Gasteiger partial charge >= 0.3 is 0 Å². The summed E-state index contributed by atoms with van der Waals surface area (Å²) in [4.78, 5) is 28.1. The van der Waals surface area contributed by atoms with Crippen LogP contribution in [0.2, 0.25) is 0 Å². The van der Waals surface area contributed by atoms with E-state index in [0.717, 1.165) is 111 Å². The van der Waals surface area contributed by atoms with E-state index in [-0.39, 0.29) is 0 Å². The lowest BCUT2D eigenvalue weighted by Gasteiger charge is -2.11. The Balaban J connectivity index is 0.00000219. The predicted molar refractivity (Wildman–Crippen MR) is 262 cm³/mol. The molecule has 0 unspecified atom stereocenters. The number of nitrogens with zero attached hydrogens (tertiary/aromatic N) is 8. The molecule has 0 spiro atoms. The lowest BCUT2D eigenvalue weighted by Crippen LogP contribution is -1.95. The summed E-state index contributed by atoms with van der Waals surface area (Å²) in [6.07, 6.45) is 10.8. The first-order valence-electron chi connectivity index (χ1n) is 21.7. The Morgan fingerprint density at radius 3 is 1.20 bits per heavy atom. The van der Waals surface area contributed by atoms with Crippen molar-refractivity contribution in [2.24, 2.45) is 0 Å². The molecule has 7 heterocycles. The molecule has 0 amide bonds. The summed E-state index contributed by atoms with van der Waals surface area (Å²) in [6, 6.07) is 54.6. The number of pyridine rings is 2. The van der Waals surface area contributed by atoms with Gasteiger partial charge in [-0.1, -0.05) is 74.5 Å². The lowest BCUT2D eigenvalue weighted by molar-refractivity contribution is 0.669. The third-order valence-electron chi connectivity index (χ3n) is 12.1. The summed E-state index contributed by atoms with van der Waals surface area (Å²) in [7, 11) is 0. The molecule has 0 bridgehead atoms. The second-order valence-corrected chi connectivity index (χ2v) is 15.6. The van der Waals surface area contributed by atoms with Crippen molar-refractivity contribution in [3.8, 4) is 56.4 Å². The van der Waals surface area contributed by atoms with Crippen LogP contribution in [0, 0.1) is 0 Å². The Bertz CT molecular complexity index is 3670. The predicted octanol–water partition coefficient (Wildman–Crippen LogP) is 13.8. The molecule has 0 atom stereocenters. The molecular weight excluding hydrogens is 801 g/mol. The fourth-order valence-corrected chi connectivity index (χ4v) is 9.33. The van der Waals surface area contributed by atoms with Crippen LogP contribution in [0.1, 0.15) is 13.8 Å². The molecule has 0 N–H and O–H groups in total. The summed E-state index contributed by atoms with van der Waals surface area (Å²) in [5.41, 5.74) is 15.9. The van der Waals surface area contributed by atoms with Crippen molar-refractivity contribution in [1.82, 2.24) is 39.0 Å². The highest BCUT2D eigenvalue weighted by atomic mass is 16.3. The summed E-state index contributed by atoms with van der Waals surface area (Å²) in [5, 5.41) is 4.17. The Kier molecular flexibility index (Phi) is 9.05. The maximum atomic E-state index is 6.51. The minimum atomic E-state index is 0.693. The zero-order chi connectivity index (χ0) is 43.4. The van der Waals surface area contributed by atoms with Gasteiger partial charge in [0.2, 0.25) is 0 Å². The second kappa shape index (κ2) is 15.5. The van der Waals surface area contributed by atoms with Crippen molar-refractivity contribution in [2.45, 2.75) is 13.8 Å². The minimum Gasteiger partial charge on any atom is -0.456 e. The molecule has 0 aliphatic heterocycles. The average Bonchev–Trinajstić information content (AvgIpc) is 4.04. The summed E-state index contributed by atoms with van der Waals surface area (Å²) in [6.45, 7) is 4.00. The molecule has 65 heavy (non-hydrogen) atoms. The topological polar surface area (TPSA) is 100 Å². The molecule has 13 aromatic rings. The van der Waals surface area contributed by atoms with Gasteiger partial charge in [0.25, 0.3) is 0 Å². The number of furan rings is 1. The van der Waals surface area contributed by atoms with Gasteiger partial charge in [0.1, 0.15) is 11.2 Å². The molecular formula is C56H38N8O. The Morgan fingerprint density at radius 2 is 0.754 bits per heavy atom. The van der Waals surface area contributed by atoms with Crippen LogP contribution >= 0.6 is 0 Å². The highest BCUT2D eigenvalue weighted by molar-refractivity contribution is 6.12. The van der Waals surface area contributed by atoms with Crippen LogP contribution in [-0.4, -0.2) is 39.0 Å². The number of hydrogen-bond donors (Lipinski definition) is 0. The van der Waals surface area contributed by atoms with Gasteiger partial charge in [-0.05, 0) is 119 Å². The molecule has 0 fully saturated rings. The number of benzene rings is 6. The van der Waals surface area contributed by atoms with Crippen molar-refractivity contribution in [2.75, 3.05) is 0 Å². The van der Waals surface area contributed by atoms with Crippen molar-refractivity contribution in [3.63, 3.8) is 0 Å². The molecule has 0 saturated carbocycles. The van der Waals surface area contributed by atoms with Gasteiger partial charge in [-0.15, -0.1) is 0 Å². The van der Waals surface area contributed by atoms with Gasteiger partial charge in [0, 0.05) is 81.2 Å². The number of fused-ring (bicyclic) bond motifs is 9. The summed E-state index contributed by atoms with van der Waals surface area (Å²) >= 11 is 0. The van der Waals surface area contributed by atoms with E-state index >= 15 is 0 Å². The first-order chi connectivity index (χ1) is 32.2. The van der Waals surface area contributed by atoms with E-state index in [4.69, 9.17) is 14.4 Å². The van der Waals surface area contributed by atoms with Crippen molar-refractivity contribution >= 4 is 65.8 Å². The van der Waals surface area contributed by atoms with Crippen molar-refractivity contribution in [3.05, 3.63) is 195 Å². The second-order valence-electron chi connectivity index (χ2n) is 15.6. The first kappa shape index (κ1) is 37.9. The Labute approximate surface area is 373 Å². The molecule has 7 aromatic heterocycles. The third-order valence-corrected chi connectivity index (χ3v) is 12.1. The van der Waals surface area contributed by atoms with Gasteiger partial charge < -0.3 is 13.6 Å². The van der Waals surface area contributed by atoms with Gasteiger partial charge in [-0.2, -0.15) is 0 Å². The van der Waals surface area contributed by atoms with E-state index in [0.29, 0.717) is 11.6 Å². The molecule has 9 heteroatoms. The van der Waals surface area contributed by atoms with E-state index in [1.807, 2.05) is 62.6 Å². The van der Waals surface area contributed by atoms with Crippen LogP contribution in [0.3, 0.4) is 0 Å². The summed E-state index contributed by atoms with van der Waals surface area (Å²) < 4.78 is 11.1. The highest BCUT2D eigenvalue weighted by Gasteiger charge is 2.20. The molecule has 13 rings (SSSR count). The monoisotopic (exact) mass is 838 g/mol. The van der Waals surface area contributed by atoms with E-state index in [1.165, 1.54) is 0 Å². The van der Waals surface area contributed by atoms with E-state index in [2.05, 4.69) is 150 Å². The molecule has 0 saturated heterocycles. The van der Waals surface area contributed by atoms with Gasteiger partial charge in [-0.3, -0.25) is 9.97 Å². The third kappa shape index (κ3) is 6.16. The SMILES string of the molecule is CC.c1cnc(-c2ccccc2-c2ccc3c(c2)c2ncccc2n3-c2ccc3oc4ccc(-n5c6ccc(-c7ccccc7-c7ncccn7)cc6c6ncccc65)cc4c3c2)nc1. The standard InChI is InChI=1S/C54H32N8O.C2H6/c1-3-11-39(53-57-25-7-26-58-53)37(9-1)33-15-19-45-43(29-33)51-47(13-5-23-55-51)61(45)35-17-21-49-41(31-35)42-32-36(18-22-50(42)63-49)62-46-20-16-34(30-44(46)52-48(62)14-6-24-56-52)38-10-2-4-12-40(38)54-59-27-8-28-60-54;1-2/h1-32H;1-2H3. The maximum Gasteiger partial charge on any atom is 0.159 e.